The predicted molar refractivity (Wildman–Crippen MR) is 65.0 cm³/mol. The Kier molecular flexibility index (Phi) is 9.23. The van der Waals surface area contributed by atoms with E-state index >= 15 is 0 Å². The summed E-state index contributed by atoms with van der Waals surface area (Å²) < 4.78 is 0. The van der Waals surface area contributed by atoms with Crippen LogP contribution >= 0.6 is 8.58 Å². The van der Waals surface area contributed by atoms with E-state index in [1.54, 1.807) is 0 Å². The summed E-state index contributed by atoms with van der Waals surface area (Å²) >= 11 is 0. The molecule has 2 N–H and O–H groups in total. The first kappa shape index (κ1) is 13.4. The average Bonchev–Trinajstić information content (AvgIpc) is 2.14. The van der Waals surface area contributed by atoms with E-state index in [9.17, 15) is 0 Å². The van der Waals surface area contributed by atoms with E-state index in [2.05, 4.69) is 20.5 Å². The summed E-state index contributed by atoms with van der Waals surface area (Å²) in [7, 11) is 1.07. The van der Waals surface area contributed by atoms with Crippen LogP contribution in [0.15, 0.2) is 0 Å². The molecule has 13 heavy (non-hydrogen) atoms. The van der Waals surface area contributed by atoms with Gasteiger partial charge in [-0.25, -0.2) is 0 Å². The highest BCUT2D eigenvalue weighted by molar-refractivity contribution is 7.37. The van der Waals surface area contributed by atoms with Crippen LogP contribution in [0.1, 0.15) is 46.0 Å². The topological polar surface area (TPSA) is 26.0 Å². The molecule has 0 aliphatic heterocycles. The first-order valence-electron chi connectivity index (χ1n) is 5.63. The summed E-state index contributed by atoms with van der Waals surface area (Å²) in [6, 6.07) is 0. The number of hydrogen-bond acceptors (Lipinski definition) is 1. The molecule has 0 heterocycles. The van der Waals surface area contributed by atoms with Gasteiger partial charge in [0.15, 0.2) is 0 Å². The van der Waals surface area contributed by atoms with Crippen molar-refractivity contribution in [1.29, 1.82) is 0 Å². The van der Waals surface area contributed by atoms with Crippen LogP contribution in [-0.4, -0.2) is 18.9 Å². The fourth-order valence-corrected chi connectivity index (χ4v) is 3.00. The fraction of sp³-hybridized carbons (Fsp3) is 1.00. The molecule has 0 aliphatic rings. The monoisotopic (exact) mass is 203 g/mol. The molecule has 3 atom stereocenters. The van der Waals surface area contributed by atoms with Gasteiger partial charge < -0.3 is 5.73 Å². The molecule has 0 fully saturated rings. The minimum Gasteiger partial charge on any atom is -0.330 e. The molecular formula is C11H26NP. The Bertz CT molecular complexity index is 106. The SMILES string of the molecule is CCCCCC(C)C(CCN)PC. The second kappa shape index (κ2) is 8.97. The molecule has 0 aromatic rings. The molecule has 0 aliphatic carbocycles. The molecule has 0 spiro atoms. The van der Waals surface area contributed by atoms with Gasteiger partial charge in [-0.3, -0.25) is 0 Å². The highest BCUT2D eigenvalue weighted by Crippen LogP contribution is 2.28. The summed E-state index contributed by atoms with van der Waals surface area (Å²) in [5.74, 6) is 0.887. The minimum absolute atomic E-state index is 0.865. The van der Waals surface area contributed by atoms with Crippen molar-refractivity contribution in [3.8, 4) is 0 Å². The average molecular weight is 203 g/mol. The lowest BCUT2D eigenvalue weighted by atomic mass is 9.98. The number of rotatable bonds is 8. The maximum atomic E-state index is 5.60. The summed E-state index contributed by atoms with van der Waals surface area (Å²) in [5, 5.41) is 0. The van der Waals surface area contributed by atoms with Crippen LogP contribution in [-0.2, 0) is 0 Å². The first-order chi connectivity index (χ1) is 6.26. The number of hydrogen-bond donors (Lipinski definition) is 1. The van der Waals surface area contributed by atoms with E-state index in [-0.39, 0.29) is 0 Å². The van der Waals surface area contributed by atoms with Crippen molar-refractivity contribution in [2.45, 2.75) is 51.6 Å². The third-order valence-corrected chi connectivity index (χ3v) is 4.40. The van der Waals surface area contributed by atoms with Crippen LogP contribution in [0.25, 0.3) is 0 Å². The van der Waals surface area contributed by atoms with Crippen LogP contribution in [0, 0.1) is 5.92 Å². The van der Waals surface area contributed by atoms with Gasteiger partial charge in [0.1, 0.15) is 0 Å². The van der Waals surface area contributed by atoms with Crippen molar-refractivity contribution < 1.29 is 0 Å². The van der Waals surface area contributed by atoms with E-state index < -0.39 is 0 Å². The molecule has 0 aromatic carbocycles. The van der Waals surface area contributed by atoms with Gasteiger partial charge in [-0.1, -0.05) is 39.5 Å². The molecule has 0 saturated heterocycles. The molecule has 0 rings (SSSR count). The molecule has 0 saturated carbocycles. The Morgan fingerprint density at radius 1 is 1.23 bits per heavy atom. The second-order valence-corrected chi connectivity index (χ2v) is 5.26. The lowest BCUT2D eigenvalue weighted by Crippen LogP contribution is -2.17. The summed E-state index contributed by atoms with van der Waals surface area (Å²) in [4.78, 5) is 0. The molecule has 80 valence electrons. The van der Waals surface area contributed by atoms with Crippen LogP contribution in [0.2, 0.25) is 0 Å². The van der Waals surface area contributed by atoms with E-state index in [1.807, 2.05) is 0 Å². The van der Waals surface area contributed by atoms with Crippen LogP contribution in [0.5, 0.6) is 0 Å². The van der Waals surface area contributed by atoms with E-state index in [0.29, 0.717) is 0 Å². The lowest BCUT2D eigenvalue weighted by Gasteiger charge is -2.21. The Balaban J connectivity index is 3.57. The molecule has 0 aromatic heterocycles. The van der Waals surface area contributed by atoms with Gasteiger partial charge >= 0.3 is 0 Å². The first-order valence-corrected chi connectivity index (χ1v) is 7.21. The highest BCUT2D eigenvalue weighted by atomic mass is 31.1. The molecule has 0 bridgehead atoms. The summed E-state index contributed by atoms with van der Waals surface area (Å²) in [6.07, 6.45) is 6.76. The number of nitrogens with two attached hydrogens (primary N) is 1. The van der Waals surface area contributed by atoms with Gasteiger partial charge in [0.25, 0.3) is 0 Å². The van der Waals surface area contributed by atoms with Crippen molar-refractivity contribution in [1.82, 2.24) is 0 Å². The van der Waals surface area contributed by atoms with Gasteiger partial charge in [0.05, 0.1) is 0 Å². The predicted octanol–water partition coefficient (Wildman–Crippen LogP) is 3.23. The van der Waals surface area contributed by atoms with Gasteiger partial charge in [0, 0.05) is 0 Å². The van der Waals surface area contributed by atoms with Gasteiger partial charge in [-0.2, -0.15) is 0 Å². The summed E-state index contributed by atoms with van der Waals surface area (Å²) in [6.45, 7) is 7.84. The molecule has 2 heteroatoms. The molecule has 3 unspecified atom stereocenters. The number of unbranched alkanes of at least 4 members (excludes halogenated alkanes) is 2. The lowest BCUT2D eigenvalue weighted by molar-refractivity contribution is 0.463. The van der Waals surface area contributed by atoms with Crippen LogP contribution in [0.3, 0.4) is 0 Å². The minimum atomic E-state index is 0.865. The zero-order chi connectivity index (χ0) is 10.1. The Morgan fingerprint density at radius 2 is 1.92 bits per heavy atom. The Hall–Kier alpha value is 0.390. The quantitative estimate of drug-likeness (QED) is 0.475. The second-order valence-electron chi connectivity index (χ2n) is 3.95. The zero-order valence-electron chi connectivity index (χ0n) is 9.47. The fourth-order valence-electron chi connectivity index (χ4n) is 1.81. The van der Waals surface area contributed by atoms with Crippen molar-refractivity contribution in [2.24, 2.45) is 11.7 Å². The zero-order valence-corrected chi connectivity index (χ0v) is 10.5. The van der Waals surface area contributed by atoms with Crippen molar-refractivity contribution in [2.75, 3.05) is 13.2 Å². The van der Waals surface area contributed by atoms with Crippen molar-refractivity contribution in [3.63, 3.8) is 0 Å². The third kappa shape index (κ3) is 6.46. The maximum absolute atomic E-state index is 5.60. The molecule has 0 amide bonds. The Labute approximate surface area is 85.6 Å². The smallest absolute Gasteiger partial charge is 0.00712 e. The maximum Gasteiger partial charge on any atom is -0.00712 e. The van der Waals surface area contributed by atoms with Gasteiger partial charge in [0.2, 0.25) is 0 Å². The van der Waals surface area contributed by atoms with Gasteiger partial charge in [-0.15, -0.1) is 8.58 Å². The van der Waals surface area contributed by atoms with E-state index in [0.717, 1.165) is 26.7 Å². The van der Waals surface area contributed by atoms with E-state index in [1.165, 1.54) is 32.1 Å². The summed E-state index contributed by atoms with van der Waals surface area (Å²) in [5.41, 5.74) is 6.49. The standard InChI is InChI=1S/C11H26NP/c1-4-5-6-7-10(2)11(13-3)8-9-12/h10-11,13H,4-9,12H2,1-3H3. The highest BCUT2D eigenvalue weighted by Gasteiger charge is 2.13. The molecule has 0 radical (unpaired) electrons. The Morgan fingerprint density at radius 3 is 2.38 bits per heavy atom. The molecule has 1 nitrogen and oxygen atoms in total. The largest absolute Gasteiger partial charge is 0.330 e. The third-order valence-electron chi connectivity index (χ3n) is 2.80. The van der Waals surface area contributed by atoms with Crippen molar-refractivity contribution in [3.05, 3.63) is 0 Å². The normalized spacial score (nSPS) is 16.6. The van der Waals surface area contributed by atoms with Gasteiger partial charge in [-0.05, 0) is 31.2 Å². The van der Waals surface area contributed by atoms with Crippen LogP contribution < -0.4 is 5.73 Å². The van der Waals surface area contributed by atoms with Crippen LogP contribution in [0.4, 0.5) is 0 Å². The molecular weight excluding hydrogens is 177 g/mol. The van der Waals surface area contributed by atoms with E-state index in [4.69, 9.17) is 5.73 Å². The van der Waals surface area contributed by atoms with Crippen molar-refractivity contribution >= 4 is 8.58 Å².